The first-order valence-corrected chi connectivity index (χ1v) is 6.37. The SMILES string of the molecule is CCSc1ccc(-c2nccc(Cl)n2)cc1. The molecule has 2 nitrogen and oxygen atoms in total. The smallest absolute Gasteiger partial charge is 0.160 e. The van der Waals surface area contributed by atoms with E-state index in [1.54, 1.807) is 12.3 Å². The molecule has 0 unspecified atom stereocenters. The van der Waals surface area contributed by atoms with Gasteiger partial charge in [0.25, 0.3) is 0 Å². The molecule has 4 heteroatoms. The van der Waals surface area contributed by atoms with E-state index < -0.39 is 0 Å². The van der Waals surface area contributed by atoms with E-state index in [2.05, 4.69) is 29.0 Å². The third-order valence-electron chi connectivity index (χ3n) is 2.05. The Hall–Kier alpha value is -1.06. The van der Waals surface area contributed by atoms with Crippen molar-refractivity contribution >= 4 is 23.4 Å². The number of benzene rings is 1. The summed E-state index contributed by atoms with van der Waals surface area (Å²) in [6, 6.07) is 9.86. The van der Waals surface area contributed by atoms with Gasteiger partial charge in [-0.1, -0.05) is 30.7 Å². The molecule has 2 aromatic rings. The van der Waals surface area contributed by atoms with Crippen molar-refractivity contribution in [3.05, 3.63) is 41.7 Å². The van der Waals surface area contributed by atoms with Gasteiger partial charge in [-0.2, -0.15) is 0 Å². The molecule has 0 bridgehead atoms. The number of aromatic nitrogens is 2. The van der Waals surface area contributed by atoms with E-state index in [4.69, 9.17) is 11.6 Å². The number of hydrogen-bond donors (Lipinski definition) is 0. The van der Waals surface area contributed by atoms with Crippen molar-refractivity contribution in [3.63, 3.8) is 0 Å². The summed E-state index contributed by atoms with van der Waals surface area (Å²) in [6.07, 6.45) is 1.67. The van der Waals surface area contributed by atoms with Crippen LogP contribution in [0.15, 0.2) is 41.4 Å². The van der Waals surface area contributed by atoms with Gasteiger partial charge < -0.3 is 0 Å². The van der Waals surface area contributed by atoms with Crippen LogP contribution in [0.5, 0.6) is 0 Å². The van der Waals surface area contributed by atoms with Gasteiger partial charge in [-0.3, -0.25) is 0 Å². The van der Waals surface area contributed by atoms with Crippen molar-refractivity contribution in [2.45, 2.75) is 11.8 Å². The number of nitrogens with zero attached hydrogens (tertiary/aromatic N) is 2. The van der Waals surface area contributed by atoms with Crippen molar-refractivity contribution in [1.29, 1.82) is 0 Å². The molecule has 1 aromatic heterocycles. The average molecular weight is 251 g/mol. The molecule has 16 heavy (non-hydrogen) atoms. The second-order valence-electron chi connectivity index (χ2n) is 3.16. The van der Waals surface area contributed by atoms with Crippen LogP contribution in [-0.2, 0) is 0 Å². The topological polar surface area (TPSA) is 25.8 Å². The van der Waals surface area contributed by atoms with E-state index in [-0.39, 0.29) is 0 Å². The minimum Gasteiger partial charge on any atom is -0.236 e. The number of hydrogen-bond acceptors (Lipinski definition) is 3. The molecular weight excluding hydrogens is 240 g/mol. The van der Waals surface area contributed by atoms with Crippen LogP contribution in [0.3, 0.4) is 0 Å². The van der Waals surface area contributed by atoms with Crippen LogP contribution in [0.1, 0.15) is 6.92 Å². The Bertz CT molecular complexity index is 471. The molecule has 0 aliphatic rings. The zero-order valence-corrected chi connectivity index (χ0v) is 10.4. The summed E-state index contributed by atoms with van der Waals surface area (Å²) in [5, 5.41) is 0.469. The van der Waals surface area contributed by atoms with E-state index in [0.717, 1.165) is 11.3 Å². The van der Waals surface area contributed by atoms with E-state index in [1.165, 1.54) is 4.90 Å². The second-order valence-corrected chi connectivity index (χ2v) is 4.89. The zero-order valence-electron chi connectivity index (χ0n) is 8.85. The highest BCUT2D eigenvalue weighted by atomic mass is 35.5. The van der Waals surface area contributed by atoms with Gasteiger partial charge in [0, 0.05) is 16.7 Å². The number of halogens is 1. The van der Waals surface area contributed by atoms with Crippen LogP contribution >= 0.6 is 23.4 Å². The molecule has 0 saturated heterocycles. The lowest BCUT2D eigenvalue weighted by molar-refractivity contribution is 1.17. The summed E-state index contributed by atoms with van der Waals surface area (Å²) in [5.41, 5.74) is 0.989. The highest BCUT2D eigenvalue weighted by molar-refractivity contribution is 7.99. The maximum Gasteiger partial charge on any atom is 0.160 e. The predicted molar refractivity (Wildman–Crippen MR) is 68.9 cm³/mol. The largest absolute Gasteiger partial charge is 0.236 e. The second kappa shape index (κ2) is 5.32. The minimum absolute atomic E-state index is 0.469. The zero-order chi connectivity index (χ0) is 11.4. The van der Waals surface area contributed by atoms with Gasteiger partial charge in [0.1, 0.15) is 5.15 Å². The van der Waals surface area contributed by atoms with Gasteiger partial charge in [-0.15, -0.1) is 11.8 Å². The minimum atomic E-state index is 0.469. The van der Waals surface area contributed by atoms with E-state index in [9.17, 15) is 0 Å². The Balaban J connectivity index is 2.27. The van der Waals surface area contributed by atoms with Crippen molar-refractivity contribution in [1.82, 2.24) is 9.97 Å². The van der Waals surface area contributed by atoms with Gasteiger partial charge in [-0.05, 0) is 24.0 Å². The Morgan fingerprint density at radius 1 is 1.19 bits per heavy atom. The lowest BCUT2D eigenvalue weighted by Gasteiger charge is -2.02. The molecule has 0 aliphatic heterocycles. The summed E-state index contributed by atoms with van der Waals surface area (Å²) in [5.74, 6) is 1.74. The van der Waals surface area contributed by atoms with Gasteiger partial charge in [-0.25, -0.2) is 9.97 Å². The van der Waals surface area contributed by atoms with Crippen LogP contribution in [0.2, 0.25) is 5.15 Å². The Morgan fingerprint density at radius 3 is 2.56 bits per heavy atom. The molecule has 0 saturated carbocycles. The molecule has 0 amide bonds. The normalized spacial score (nSPS) is 10.4. The van der Waals surface area contributed by atoms with Crippen LogP contribution in [0.4, 0.5) is 0 Å². The van der Waals surface area contributed by atoms with E-state index in [0.29, 0.717) is 11.0 Å². The highest BCUT2D eigenvalue weighted by Gasteiger charge is 2.01. The third-order valence-corrected chi connectivity index (χ3v) is 3.15. The fourth-order valence-electron chi connectivity index (χ4n) is 1.34. The van der Waals surface area contributed by atoms with Gasteiger partial charge in [0.2, 0.25) is 0 Å². The Kier molecular flexibility index (Phi) is 3.80. The molecule has 0 N–H and O–H groups in total. The molecule has 1 heterocycles. The molecule has 2 rings (SSSR count). The third kappa shape index (κ3) is 2.74. The number of rotatable bonds is 3. The summed E-state index contributed by atoms with van der Waals surface area (Å²) in [4.78, 5) is 9.61. The fourth-order valence-corrected chi connectivity index (χ4v) is 2.14. The summed E-state index contributed by atoms with van der Waals surface area (Å²) in [6.45, 7) is 2.14. The molecule has 0 aliphatic carbocycles. The first-order valence-electron chi connectivity index (χ1n) is 5.01. The Morgan fingerprint density at radius 2 is 1.94 bits per heavy atom. The van der Waals surface area contributed by atoms with Gasteiger partial charge in [0.05, 0.1) is 0 Å². The monoisotopic (exact) mass is 250 g/mol. The number of thioether (sulfide) groups is 1. The summed E-state index contributed by atoms with van der Waals surface area (Å²) < 4.78 is 0. The van der Waals surface area contributed by atoms with E-state index in [1.807, 2.05) is 23.9 Å². The lowest BCUT2D eigenvalue weighted by atomic mass is 10.2. The quantitative estimate of drug-likeness (QED) is 0.610. The van der Waals surface area contributed by atoms with Crippen LogP contribution < -0.4 is 0 Å². The standard InChI is InChI=1S/C12H11ClN2S/c1-2-16-10-5-3-9(4-6-10)12-14-8-7-11(13)15-12/h3-8H,2H2,1H3. The van der Waals surface area contributed by atoms with Crippen LogP contribution in [0, 0.1) is 0 Å². The lowest BCUT2D eigenvalue weighted by Crippen LogP contribution is -1.87. The molecule has 0 fully saturated rings. The van der Waals surface area contributed by atoms with Crippen LogP contribution in [-0.4, -0.2) is 15.7 Å². The highest BCUT2D eigenvalue weighted by Crippen LogP contribution is 2.22. The molecular formula is C12H11ClN2S. The molecule has 0 radical (unpaired) electrons. The first kappa shape index (κ1) is 11.4. The summed E-state index contributed by atoms with van der Waals surface area (Å²) >= 11 is 7.64. The fraction of sp³-hybridized carbons (Fsp3) is 0.167. The molecule has 0 spiro atoms. The van der Waals surface area contributed by atoms with Gasteiger partial charge in [0.15, 0.2) is 5.82 Å². The van der Waals surface area contributed by atoms with Gasteiger partial charge >= 0.3 is 0 Å². The molecule has 0 atom stereocenters. The average Bonchev–Trinajstić information content (AvgIpc) is 2.30. The van der Waals surface area contributed by atoms with Crippen molar-refractivity contribution in [2.75, 3.05) is 5.75 Å². The first-order chi connectivity index (χ1) is 7.79. The maximum atomic E-state index is 5.82. The van der Waals surface area contributed by atoms with Crippen molar-refractivity contribution in [2.24, 2.45) is 0 Å². The van der Waals surface area contributed by atoms with Crippen molar-refractivity contribution < 1.29 is 0 Å². The summed E-state index contributed by atoms with van der Waals surface area (Å²) in [7, 11) is 0. The molecule has 1 aromatic carbocycles. The van der Waals surface area contributed by atoms with Crippen LogP contribution in [0.25, 0.3) is 11.4 Å². The maximum absolute atomic E-state index is 5.82. The van der Waals surface area contributed by atoms with Crippen molar-refractivity contribution in [3.8, 4) is 11.4 Å². The van der Waals surface area contributed by atoms with E-state index >= 15 is 0 Å². The predicted octanol–water partition coefficient (Wildman–Crippen LogP) is 3.91. The molecule has 82 valence electrons. The Labute approximate surface area is 104 Å².